The van der Waals surface area contributed by atoms with Crippen LogP contribution in [-0.4, -0.2) is 36.8 Å². The number of halogens is 1. The van der Waals surface area contributed by atoms with Gasteiger partial charge in [-0.05, 0) is 48.0 Å². The molecule has 0 unspecified atom stereocenters. The molecule has 0 bridgehead atoms. The highest BCUT2D eigenvalue weighted by atomic mass is 32.2. The second-order valence-electron chi connectivity index (χ2n) is 6.54. The molecule has 0 aliphatic carbocycles. The largest absolute Gasteiger partial charge is 0.495 e. The van der Waals surface area contributed by atoms with Gasteiger partial charge in [-0.1, -0.05) is 12.1 Å². The van der Waals surface area contributed by atoms with E-state index in [2.05, 4.69) is 10.1 Å². The molecular weight excluding hydrogens is 421 g/mol. The topological polar surface area (TPSA) is 83.3 Å². The summed E-state index contributed by atoms with van der Waals surface area (Å²) in [5, 5.41) is 4.00. The smallest absolute Gasteiger partial charge is 0.290 e. The Balaban J connectivity index is 1.79. The molecule has 0 radical (unpaired) electrons. The van der Waals surface area contributed by atoms with Crippen LogP contribution >= 0.6 is 0 Å². The molecule has 2 aromatic heterocycles. The van der Waals surface area contributed by atoms with Crippen LogP contribution in [-0.2, 0) is 10.0 Å². The summed E-state index contributed by atoms with van der Waals surface area (Å²) < 4.78 is 52.0. The highest BCUT2D eigenvalue weighted by Gasteiger charge is 2.27. The molecule has 7 nitrogen and oxygen atoms in total. The molecule has 0 N–H and O–H groups in total. The Morgan fingerprint density at radius 3 is 2.26 bits per heavy atom. The Morgan fingerprint density at radius 1 is 0.903 bits per heavy atom. The maximum atomic E-state index is 14.3. The summed E-state index contributed by atoms with van der Waals surface area (Å²) in [6, 6.07) is 14.4. The summed E-state index contributed by atoms with van der Waals surface area (Å²) in [4.78, 5) is 4.09. The van der Waals surface area contributed by atoms with Gasteiger partial charge in [-0.15, -0.1) is 0 Å². The van der Waals surface area contributed by atoms with Crippen molar-refractivity contribution in [2.24, 2.45) is 0 Å². The van der Waals surface area contributed by atoms with Gasteiger partial charge in [0.05, 0.1) is 32.3 Å². The molecule has 0 fully saturated rings. The fourth-order valence-electron chi connectivity index (χ4n) is 3.19. The molecule has 4 aromatic rings. The Labute approximate surface area is 178 Å². The van der Waals surface area contributed by atoms with Crippen LogP contribution in [0.4, 0.5) is 4.39 Å². The molecule has 158 valence electrons. The number of rotatable bonds is 6. The van der Waals surface area contributed by atoms with E-state index in [-0.39, 0.29) is 16.4 Å². The van der Waals surface area contributed by atoms with Gasteiger partial charge in [-0.25, -0.2) is 4.39 Å². The van der Waals surface area contributed by atoms with Crippen LogP contribution in [0.5, 0.6) is 11.5 Å². The molecule has 0 saturated heterocycles. The number of hydrogen-bond acceptors (Lipinski definition) is 6. The lowest BCUT2D eigenvalue weighted by Gasteiger charge is -2.13. The maximum absolute atomic E-state index is 14.3. The van der Waals surface area contributed by atoms with Gasteiger partial charge in [0, 0.05) is 17.3 Å². The predicted octanol–water partition coefficient (Wildman–Crippen LogP) is 4.01. The fraction of sp³-hybridized carbons (Fsp3) is 0.0909. The van der Waals surface area contributed by atoms with E-state index in [0.29, 0.717) is 22.4 Å². The fourth-order valence-corrected chi connectivity index (χ4v) is 4.61. The number of ether oxygens (including phenoxy) is 2. The number of hydrogen-bond donors (Lipinski definition) is 0. The summed E-state index contributed by atoms with van der Waals surface area (Å²) in [6.45, 7) is 0. The van der Waals surface area contributed by atoms with Crippen molar-refractivity contribution in [3.8, 4) is 33.9 Å². The highest BCUT2D eigenvalue weighted by molar-refractivity contribution is 7.90. The molecule has 0 saturated carbocycles. The Morgan fingerprint density at radius 2 is 1.61 bits per heavy atom. The maximum Gasteiger partial charge on any atom is 0.290 e. The number of pyridine rings is 1. The van der Waals surface area contributed by atoms with Gasteiger partial charge in [-0.2, -0.15) is 17.6 Å². The number of methoxy groups -OCH3 is 2. The van der Waals surface area contributed by atoms with Gasteiger partial charge in [0.2, 0.25) is 0 Å². The van der Waals surface area contributed by atoms with Crippen molar-refractivity contribution >= 4 is 10.0 Å². The molecule has 0 spiro atoms. The highest BCUT2D eigenvalue weighted by Crippen LogP contribution is 2.35. The zero-order valence-corrected chi connectivity index (χ0v) is 17.5. The third kappa shape index (κ3) is 3.87. The molecule has 0 aliphatic rings. The first kappa shape index (κ1) is 20.5. The quantitative estimate of drug-likeness (QED) is 0.452. The van der Waals surface area contributed by atoms with Crippen LogP contribution in [0.25, 0.3) is 22.4 Å². The molecule has 0 aliphatic heterocycles. The van der Waals surface area contributed by atoms with Crippen molar-refractivity contribution in [3.63, 3.8) is 0 Å². The van der Waals surface area contributed by atoms with Crippen molar-refractivity contribution < 1.29 is 22.3 Å². The average molecular weight is 439 g/mol. The van der Waals surface area contributed by atoms with Crippen molar-refractivity contribution in [1.29, 1.82) is 0 Å². The summed E-state index contributed by atoms with van der Waals surface area (Å²) in [7, 11) is -1.40. The van der Waals surface area contributed by atoms with E-state index < -0.39 is 15.8 Å². The molecule has 4 rings (SSSR count). The first-order valence-electron chi connectivity index (χ1n) is 9.17. The lowest BCUT2D eigenvalue weighted by atomic mass is 10.0. The van der Waals surface area contributed by atoms with Gasteiger partial charge in [0.25, 0.3) is 10.0 Å². The number of aromatic nitrogens is 3. The van der Waals surface area contributed by atoms with E-state index >= 15 is 0 Å². The van der Waals surface area contributed by atoms with Crippen LogP contribution in [0.15, 0.2) is 78.1 Å². The molecule has 9 heteroatoms. The van der Waals surface area contributed by atoms with E-state index in [1.807, 2.05) is 0 Å². The lowest BCUT2D eigenvalue weighted by Crippen LogP contribution is -2.15. The minimum absolute atomic E-state index is 0.125. The summed E-state index contributed by atoms with van der Waals surface area (Å²) in [5.74, 6) is -0.223. The van der Waals surface area contributed by atoms with Crippen LogP contribution < -0.4 is 9.47 Å². The summed E-state index contributed by atoms with van der Waals surface area (Å²) >= 11 is 0. The van der Waals surface area contributed by atoms with Gasteiger partial charge >= 0.3 is 0 Å². The predicted molar refractivity (Wildman–Crippen MR) is 113 cm³/mol. The Kier molecular flexibility index (Phi) is 5.43. The Bertz CT molecular complexity index is 1320. The van der Waals surface area contributed by atoms with Crippen molar-refractivity contribution in [3.05, 3.63) is 79.0 Å². The third-order valence-corrected chi connectivity index (χ3v) is 6.25. The SMILES string of the molecule is COc1cccc(OC)c1S(=O)(=O)n1cc(-c2cc(F)cc(-c3ccccn3)c2)cn1. The van der Waals surface area contributed by atoms with Crippen molar-refractivity contribution in [1.82, 2.24) is 14.2 Å². The molecular formula is C22H18FN3O4S. The van der Waals surface area contributed by atoms with Gasteiger partial charge < -0.3 is 9.47 Å². The monoisotopic (exact) mass is 439 g/mol. The molecule has 31 heavy (non-hydrogen) atoms. The Hall–Kier alpha value is -3.72. The number of benzene rings is 2. The van der Waals surface area contributed by atoms with Crippen molar-refractivity contribution in [2.75, 3.05) is 14.2 Å². The minimum Gasteiger partial charge on any atom is -0.495 e. The first-order chi connectivity index (χ1) is 14.9. The zero-order valence-electron chi connectivity index (χ0n) is 16.7. The zero-order chi connectivity index (χ0) is 22.0. The first-order valence-corrected chi connectivity index (χ1v) is 10.6. The minimum atomic E-state index is -4.13. The van der Waals surface area contributed by atoms with Crippen molar-refractivity contribution in [2.45, 2.75) is 4.90 Å². The van der Waals surface area contributed by atoms with Gasteiger partial charge in [0.1, 0.15) is 17.3 Å². The van der Waals surface area contributed by atoms with Crippen LogP contribution in [0, 0.1) is 5.82 Å². The average Bonchev–Trinajstić information content (AvgIpc) is 3.30. The van der Waals surface area contributed by atoms with Crippen LogP contribution in [0.1, 0.15) is 0 Å². The van der Waals surface area contributed by atoms with E-state index in [0.717, 1.165) is 4.09 Å². The second-order valence-corrected chi connectivity index (χ2v) is 8.27. The van der Waals surface area contributed by atoms with Crippen LogP contribution in [0.2, 0.25) is 0 Å². The van der Waals surface area contributed by atoms with Gasteiger partial charge in [0.15, 0.2) is 4.90 Å². The number of nitrogens with zero attached hydrogens (tertiary/aromatic N) is 3. The van der Waals surface area contributed by atoms with E-state index in [1.165, 1.54) is 50.9 Å². The second kappa shape index (κ2) is 8.19. The molecule has 2 heterocycles. The van der Waals surface area contributed by atoms with E-state index in [1.54, 1.807) is 36.5 Å². The van der Waals surface area contributed by atoms with E-state index in [9.17, 15) is 12.8 Å². The van der Waals surface area contributed by atoms with Crippen LogP contribution in [0.3, 0.4) is 0 Å². The van der Waals surface area contributed by atoms with E-state index in [4.69, 9.17) is 9.47 Å². The summed E-state index contributed by atoms with van der Waals surface area (Å²) in [6.07, 6.45) is 4.29. The standard InChI is InChI=1S/C22H18FN3O4S/c1-29-20-7-5-8-21(30-2)22(20)31(27,28)26-14-17(13-25-26)15-10-16(12-18(23)11-15)19-6-3-4-9-24-19/h3-14H,1-2H3. The lowest BCUT2D eigenvalue weighted by molar-refractivity contribution is 0.372. The normalized spacial score (nSPS) is 11.3. The molecule has 0 amide bonds. The summed E-state index contributed by atoms with van der Waals surface area (Å²) in [5.41, 5.74) is 2.06. The van der Waals surface area contributed by atoms with Gasteiger partial charge in [-0.3, -0.25) is 4.98 Å². The third-order valence-electron chi connectivity index (χ3n) is 4.64. The molecule has 2 aromatic carbocycles. The molecule has 0 atom stereocenters.